The van der Waals surface area contributed by atoms with E-state index < -0.39 is 0 Å². The second-order valence-electron chi connectivity index (χ2n) is 5.79. The van der Waals surface area contributed by atoms with Crippen molar-refractivity contribution in [3.63, 3.8) is 0 Å². The van der Waals surface area contributed by atoms with Gasteiger partial charge in [-0.3, -0.25) is 0 Å². The molecule has 0 radical (unpaired) electrons. The van der Waals surface area contributed by atoms with Crippen LogP contribution in [-0.4, -0.2) is 34.8 Å². The van der Waals surface area contributed by atoms with Crippen LogP contribution in [0.2, 0.25) is 0 Å². The average Bonchev–Trinajstić information content (AvgIpc) is 2.59. The highest BCUT2D eigenvalue weighted by Crippen LogP contribution is 2.20. The third-order valence-electron chi connectivity index (χ3n) is 3.65. The van der Waals surface area contributed by atoms with E-state index in [4.69, 9.17) is 15.6 Å². The van der Waals surface area contributed by atoms with Crippen LogP contribution in [0.25, 0.3) is 0 Å². The number of benzene rings is 1. The third-order valence-corrected chi connectivity index (χ3v) is 3.65. The molecule has 0 fully saturated rings. The summed E-state index contributed by atoms with van der Waals surface area (Å²) >= 11 is 0. The number of hydrogen-bond acceptors (Lipinski definition) is 5. The Hall–Kier alpha value is -1.98. The first kappa shape index (κ1) is 21.1. The van der Waals surface area contributed by atoms with E-state index >= 15 is 0 Å². The van der Waals surface area contributed by atoms with Crippen molar-refractivity contribution in [2.75, 3.05) is 19.8 Å². The molecule has 1 aromatic heterocycles. The van der Waals surface area contributed by atoms with Crippen molar-refractivity contribution in [1.82, 2.24) is 9.97 Å². The Bertz CT molecular complexity index is 628. The lowest BCUT2D eigenvalue weighted by atomic mass is 10.1. The lowest BCUT2D eigenvalue weighted by molar-refractivity contribution is 0.303. The minimum Gasteiger partial charge on any atom is -0.477 e. The van der Waals surface area contributed by atoms with Crippen molar-refractivity contribution in [1.29, 1.82) is 0 Å². The summed E-state index contributed by atoms with van der Waals surface area (Å²) in [6, 6.07) is 8.53. The largest absolute Gasteiger partial charge is 0.477 e. The summed E-state index contributed by atoms with van der Waals surface area (Å²) in [5, 5.41) is 7.57. The summed E-state index contributed by atoms with van der Waals surface area (Å²) in [6.07, 6.45) is 2.49. The summed E-state index contributed by atoms with van der Waals surface area (Å²) in [5.41, 5.74) is 10.4. The molecule has 0 amide bonds. The van der Waals surface area contributed by atoms with E-state index in [2.05, 4.69) is 48.1 Å². The number of aromatic nitrogens is 2. The molecule has 2 aromatic rings. The van der Waals surface area contributed by atoms with Gasteiger partial charge in [-0.2, -0.15) is 4.98 Å². The molecule has 0 aliphatic carbocycles. The lowest BCUT2D eigenvalue weighted by Gasteiger charge is -2.14. The molecule has 0 spiro atoms. The maximum absolute atomic E-state index is 7.57. The first-order chi connectivity index (χ1) is 12.0. The zero-order valence-corrected chi connectivity index (χ0v) is 15.9. The highest BCUT2D eigenvalue weighted by molar-refractivity contribution is 5.32. The monoisotopic (exact) mass is 345 g/mol. The van der Waals surface area contributed by atoms with E-state index in [1.165, 1.54) is 11.1 Å². The van der Waals surface area contributed by atoms with E-state index in [0.29, 0.717) is 19.0 Å². The Morgan fingerprint density at radius 1 is 1.04 bits per heavy atom. The molecule has 1 aromatic carbocycles. The Balaban J connectivity index is 0.000000970. The van der Waals surface area contributed by atoms with Crippen molar-refractivity contribution >= 4 is 0 Å². The van der Waals surface area contributed by atoms with E-state index in [1.54, 1.807) is 6.92 Å². The maximum atomic E-state index is 7.57. The number of ether oxygens (including phenoxy) is 1. The number of nitrogens with zero attached hydrogens (tertiary/aromatic N) is 2. The normalized spacial score (nSPS) is 10.2. The fraction of sp³-hybridized carbons (Fsp3) is 0.500. The van der Waals surface area contributed by atoms with Gasteiger partial charge in [-0.25, -0.2) is 4.98 Å². The molecule has 1 heterocycles. The Labute approximate surface area is 151 Å². The molecule has 5 heteroatoms. The molecule has 0 saturated heterocycles. The second-order valence-corrected chi connectivity index (χ2v) is 5.79. The predicted octanol–water partition coefficient (Wildman–Crippen LogP) is 2.78. The van der Waals surface area contributed by atoms with Gasteiger partial charge in [0.25, 0.3) is 0 Å². The molecule has 138 valence electrons. The number of rotatable bonds is 7. The van der Waals surface area contributed by atoms with Crippen LogP contribution >= 0.6 is 0 Å². The summed E-state index contributed by atoms with van der Waals surface area (Å²) in [4.78, 5) is 8.96. The van der Waals surface area contributed by atoms with Crippen molar-refractivity contribution in [2.45, 2.75) is 47.0 Å². The van der Waals surface area contributed by atoms with Crippen LogP contribution in [0.3, 0.4) is 0 Å². The van der Waals surface area contributed by atoms with E-state index in [-0.39, 0.29) is 6.61 Å². The zero-order valence-electron chi connectivity index (χ0n) is 15.9. The Morgan fingerprint density at radius 3 is 2.24 bits per heavy atom. The zero-order chi connectivity index (χ0) is 18.7. The quantitative estimate of drug-likeness (QED) is 0.806. The van der Waals surface area contributed by atoms with Crippen LogP contribution < -0.4 is 10.5 Å². The van der Waals surface area contributed by atoms with Gasteiger partial charge in [0.1, 0.15) is 5.82 Å². The minimum absolute atomic E-state index is 0.250. The standard InChI is InChI=1S/C18H25N3O.C2H6O/c1-4-17-16(9-11-19)18(21-14(3)20-17)22-12-10-15-7-5-13(2)6-8-15;1-2-3/h5-8H,4,9-12,19H2,1-3H3;3H,2H2,1H3. The SMILES string of the molecule is CCO.CCc1nc(C)nc(OCCc2ccc(C)cc2)c1CCN. The second kappa shape index (κ2) is 11.6. The van der Waals surface area contributed by atoms with Crippen LogP contribution in [-0.2, 0) is 19.3 Å². The van der Waals surface area contributed by atoms with Gasteiger partial charge in [-0.1, -0.05) is 36.8 Å². The van der Waals surface area contributed by atoms with Crippen molar-refractivity contribution < 1.29 is 9.84 Å². The van der Waals surface area contributed by atoms with E-state index in [9.17, 15) is 0 Å². The van der Waals surface area contributed by atoms with E-state index in [1.807, 2.05) is 6.92 Å². The molecule has 2 rings (SSSR count). The summed E-state index contributed by atoms with van der Waals surface area (Å²) in [7, 11) is 0. The summed E-state index contributed by atoms with van der Waals surface area (Å²) < 4.78 is 5.94. The van der Waals surface area contributed by atoms with Crippen LogP contribution in [0, 0.1) is 13.8 Å². The highest BCUT2D eigenvalue weighted by Gasteiger charge is 2.12. The van der Waals surface area contributed by atoms with E-state index in [0.717, 1.165) is 36.3 Å². The van der Waals surface area contributed by atoms with Gasteiger partial charge in [0.05, 0.1) is 12.3 Å². The molecule has 0 bridgehead atoms. The topological polar surface area (TPSA) is 81.3 Å². The molecule has 0 saturated carbocycles. The average molecular weight is 345 g/mol. The van der Waals surface area contributed by atoms with Crippen molar-refractivity contribution in [3.8, 4) is 5.88 Å². The number of aliphatic hydroxyl groups excluding tert-OH is 1. The molecule has 25 heavy (non-hydrogen) atoms. The number of aryl methyl sites for hydroxylation is 3. The van der Waals surface area contributed by atoms with Gasteiger partial charge in [0.15, 0.2) is 0 Å². The maximum Gasteiger partial charge on any atom is 0.220 e. The molecule has 0 unspecified atom stereocenters. The van der Waals surface area contributed by atoms with Gasteiger partial charge in [-0.15, -0.1) is 0 Å². The predicted molar refractivity (Wildman–Crippen MR) is 102 cm³/mol. The molecular weight excluding hydrogens is 314 g/mol. The summed E-state index contributed by atoms with van der Waals surface area (Å²) in [5.74, 6) is 1.45. The molecule has 3 N–H and O–H groups in total. The number of aliphatic hydroxyl groups is 1. The van der Waals surface area contributed by atoms with Crippen molar-refractivity contribution in [2.24, 2.45) is 5.73 Å². The van der Waals surface area contributed by atoms with Gasteiger partial charge < -0.3 is 15.6 Å². The smallest absolute Gasteiger partial charge is 0.220 e. The lowest BCUT2D eigenvalue weighted by Crippen LogP contribution is -2.13. The molecular formula is C20H31N3O2. The fourth-order valence-electron chi connectivity index (χ4n) is 2.45. The van der Waals surface area contributed by atoms with Gasteiger partial charge in [0.2, 0.25) is 5.88 Å². The van der Waals surface area contributed by atoms with Crippen molar-refractivity contribution in [3.05, 3.63) is 52.5 Å². The Kier molecular flexibility index (Phi) is 9.73. The van der Waals surface area contributed by atoms with Gasteiger partial charge in [0, 0.05) is 18.6 Å². The first-order valence-electron chi connectivity index (χ1n) is 8.91. The molecule has 0 aliphatic heterocycles. The number of nitrogens with two attached hydrogens (primary N) is 1. The third kappa shape index (κ3) is 7.20. The fourth-order valence-corrected chi connectivity index (χ4v) is 2.45. The van der Waals surface area contributed by atoms with Gasteiger partial charge >= 0.3 is 0 Å². The van der Waals surface area contributed by atoms with Crippen LogP contribution in [0.4, 0.5) is 0 Å². The summed E-state index contributed by atoms with van der Waals surface area (Å²) in [6.45, 7) is 9.21. The van der Waals surface area contributed by atoms with Gasteiger partial charge in [-0.05, 0) is 45.7 Å². The molecule has 0 aliphatic rings. The first-order valence-corrected chi connectivity index (χ1v) is 8.91. The highest BCUT2D eigenvalue weighted by atomic mass is 16.5. The van der Waals surface area contributed by atoms with Crippen LogP contribution in [0.5, 0.6) is 5.88 Å². The molecule has 0 atom stereocenters. The molecule has 5 nitrogen and oxygen atoms in total. The number of hydrogen-bond donors (Lipinski definition) is 2. The van der Waals surface area contributed by atoms with Crippen LogP contribution in [0.15, 0.2) is 24.3 Å². The van der Waals surface area contributed by atoms with Crippen LogP contribution in [0.1, 0.15) is 42.1 Å². The minimum atomic E-state index is 0.250. The Morgan fingerprint density at radius 2 is 1.68 bits per heavy atom.